The van der Waals surface area contributed by atoms with E-state index in [1.54, 1.807) is 11.8 Å². The number of nitrogens with zero attached hydrogens (tertiary/aromatic N) is 5. The fourth-order valence-corrected chi connectivity index (χ4v) is 4.45. The first-order chi connectivity index (χ1) is 16.3. The average Bonchev–Trinajstić information content (AvgIpc) is 3.16. The number of rotatable bonds is 4. The molecule has 1 aromatic carbocycles. The van der Waals surface area contributed by atoms with Crippen LogP contribution in [-0.4, -0.2) is 64.7 Å². The summed E-state index contributed by atoms with van der Waals surface area (Å²) in [7, 11) is 1.44. The van der Waals surface area contributed by atoms with E-state index in [-0.39, 0.29) is 40.1 Å². The van der Waals surface area contributed by atoms with Gasteiger partial charge in [-0.15, -0.1) is 5.10 Å². The summed E-state index contributed by atoms with van der Waals surface area (Å²) in [5.41, 5.74) is 0.700. The molecule has 9 nitrogen and oxygen atoms in total. The molecule has 12 heteroatoms. The van der Waals surface area contributed by atoms with Gasteiger partial charge in [-0.3, -0.25) is 14.5 Å². The summed E-state index contributed by atoms with van der Waals surface area (Å²) < 4.78 is 45.5. The molecule has 0 bridgehead atoms. The third-order valence-corrected chi connectivity index (χ3v) is 6.35. The second-order valence-electron chi connectivity index (χ2n) is 8.37. The topological polar surface area (TPSA) is 95.4 Å². The summed E-state index contributed by atoms with van der Waals surface area (Å²) in [4.78, 5) is 31.3. The number of pyridine rings is 1. The van der Waals surface area contributed by atoms with E-state index in [1.807, 2.05) is 4.90 Å². The quantitative estimate of drug-likeness (QED) is 0.564. The number of piperazine rings is 1. The van der Waals surface area contributed by atoms with Crippen LogP contribution in [0.3, 0.4) is 0 Å². The molecule has 1 fully saturated rings. The molecule has 4 heterocycles. The molecular formula is C22H22F3N7O2. The number of benzene rings is 1. The molecule has 0 spiro atoms. The minimum Gasteiger partial charge on any atom is -0.365 e. The number of nitrogens with one attached hydrogen (secondary N) is 2. The number of hydrogen-bond donors (Lipinski definition) is 2. The molecule has 0 aliphatic carbocycles. The zero-order valence-electron chi connectivity index (χ0n) is 18.5. The normalized spacial score (nSPS) is 18.3. The van der Waals surface area contributed by atoms with Gasteiger partial charge in [-0.05, 0) is 25.1 Å². The van der Waals surface area contributed by atoms with Crippen molar-refractivity contribution in [1.29, 1.82) is 0 Å². The molecule has 5 rings (SSSR count). The monoisotopic (exact) mass is 473 g/mol. The fourth-order valence-electron chi connectivity index (χ4n) is 4.45. The third kappa shape index (κ3) is 3.54. The molecule has 1 saturated heterocycles. The van der Waals surface area contributed by atoms with Gasteiger partial charge >= 0.3 is 0 Å². The van der Waals surface area contributed by atoms with Crippen LogP contribution in [0.2, 0.25) is 0 Å². The predicted molar refractivity (Wildman–Crippen MR) is 118 cm³/mol. The fraction of sp³-hybridized carbons (Fsp3) is 0.364. The van der Waals surface area contributed by atoms with Gasteiger partial charge in [0.25, 0.3) is 5.91 Å². The van der Waals surface area contributed by atoms with Gasteiger partial charge in [0.05, 0.1) is 16.6 Å². The van der Waals surface area contributed by atoms with E-state index in [0.29, 0.717) is 26.2 Å². The Morgan fingerprint density at radius 1 is 1.18 bits per heavy atom. The highest BCUT2D eigenvalue weighted by atomic mass is 19.1. The first-order valence-electron chi connectivity index (χ1n) is 10.8. The van der Waals surface area contributed by atoms with Crippen LogP contribution in [0.4, 0.5) is 24.5 Å². The van der Waals surface area contributed by atoms with E-state index in [9.17, 15) is 18.4 Å². The van der Waals surface area contributed by atoms with Crippen LogP contribution in [0.1, 0.15) is 29.0 Å². The van der Waals surface area contributed by atoms with Crippen molar-refractivity contribution in [2.75, 3.05) is 43.4 Å². The van der Waals surface area contributed by atoms with Crippen LogP contribution < -0.4 is 15.5 Å². The lowest BCUT2D eigenvalue weighted by Gasteiger charge is -2.36. The van der Waals surface area contributed by atoms with Crippen molar-refractivity contribution in [2.24, 2.45) is 0 Å². The van der Waals surface area contributed by atoms with E-state index in [2.05, 4.69) is 20.7 Å². The van der Waals surface area contributed by atoms with Gasteiger partial charge < -0.3 is 15.5 Å². The van der Waals surface area contributed by atoms with Crippen molar-refractivity contribution in [3.63, 3.8) is 0 Å². The highest BCUT2D eigenvalue weighted by molar-refractivity contribution is 6.06. The Balaban J connectivity index is 1.33. The second-order valence-corrected chi connectivity index (χ2v) is 8.37. The second kappa shape index (κ2) is 8.28. The Kier molecular flexibility index (Phi) is 5.39. The van der Waals surface area contributed by atoms with Gasteiger partial charge in [0.1, 0.15) is 17.4 Å². The Bertz CT molecular complexity index is 1320. The van der Waals surface area contributed by atoms with Crippen LogP contribution in [0, 0.1) is 17.7 Å². The van der Waals surface area contributed by atoms with E-state index in [0.717, 1.165) is 0 Å². The van der Waals surface area contributed by atoms with Gasteiger partial charge in [-0.25, -0.2) is 14.1 Å². The molecule has 2 N–H and O–H groups in total. The highest BCUT2D eigenvalue weighted by Gasteiger charge is 2.32. The van der Waals surface area contributed by atoms with E-state index in [1.165, 1.54) is 29.9 Å². The Hall–Kier alpha value is -3.67. The Labute approximate surface area is 192 Å². The maximum Gasteiger partial charge on any atom is 0.269 e. The molecule has 178 valence electrons. The maximum atomic E-state index is 15.3. The molecule has 3 aromatic rings. The first-order valence-corrected chi connectivity index (χ1v) is 10.8. The van der Waals surface area contributed by atoms with Crippen molar-refractivity contribution in [2.45, 2.75) is 19.5 Å². The zero-order valence-corrected chi connectivity index (χ0v) is 18.5. The van der Waals surface area contributed by atoms with Crippen LogP contribution in [0.25, 0.3) is 10.9 Å². The van der Waals surface area contributed by atoms with Crippen molar-refractivity contribution in [3.8, 4) is 0 Å². The maximum absolute atomic E-state index is 15.3. The van der Waals surface area contributed by atoms with Crippen LogP contribution in [0.15, 0.2) is 18.2 Å². The number of halogens is 3. The number of anilines is 2. The average molecular weight is 473 g/mol. The van der Waals surface area contributed by atoms with Crippen LogP contribution in [-0.2, 0) is 11.3 Å². The molecule has 2 amide bonds. The Morgan fingerprint density at radius 2 is 1.91 bits per heavy atom. The molecule has 0 radical (unpaired) electrons. The number of hydrogen-bond acceptors (Lipinski definition) is 6. The molecule has 2 aliphatic rings. The number of aromatic nitrogens is 3. The van der Waals surface area contributed by atoms with Gasteiger partial charge in [0.15, 0.2) is 5.82 Å². The standard InChI is InChI=1S/C22H22F3N7O2/c1-11-21(33)28-17-16(23)12(9-13-18(17)32(11)29-19(13)24)10-30-5-7-31(8-6-30)15-4-3-14(22(34)26-2)27-20(15)25/h3-4,9,11H,5-8,10H2,1-2H3,(H,26,34)(H,28,33)/t11-/m0/s1. The summed E-state index contributed by atoms with van der Waals surface area (Å²) in [6.45, 7) is 3.66. The van der Waals surface area contributed by atoms with Gasteiger partial charge in [0, 0.05) is 45.3 Å². The lowest BCUT2D eigenvalue weighted by molar-refractivity contribution is -0.119. The van der Waals surface area contributed by atoms with Crippen molar-refractivity contribution >= 4 is 34.1 Å². The molecule has 2 aliphatic heterocycles. The summed E-state index contributed by atoms with van der Waals surface area (Å²) in [5.74, 6) is -3.03. The van der Waals surface area contributed by atoms with Gasteiger partial charge in [-0.1, -0.05) is 0 Å². The molecular weight excluding hydrogens is 451 g/mol. The molecule has 0 saturated carbocycles. The summed E-state index contributed by atoms with van der Waals surface area (Å²) >= 11 is 0. The largest absolute Gasteiger partial charge is 0.365 e. The predicted octanol–water partition coefficient (Wildman–Crippen LogP) is 2.04. The minimum absolute atomic E-state index is 0.00532. The smallest absolute Gasteiger partial charge is 0.269 e. The highest BCUT2D eigenvalue weighted by Crippen LogP contribution is 2.36. The van der Waals surface area contributed by atoms with Crippen molar-refractivity contribution in [1.82, 2.24) is 25.0 Å². The zero-order chi connectivity index (χ0) is 24.1. The van der Waals surface area contributed by atoms with E-state index < -0.39 is 35.6 Å². The van der Waals surface area contributed by atoms with Gasteiger partial charge in [0.2, 0.25) is 17.8 Å². The lowest BCUT2D eigenvalue weighted by atomic mass is 10.1. The van der Waals surface area contributed by atoms with Crippen molar-refractivity contribution in [3.05, 3.63) is 47.2 Å². The number of carbonyl (C=O) groups excluding carboxylic acids is 2. The first kappa shape index (κ1) is 22.1. The molecule has 0 unspecified atom stereocenters. The SMILES string of the molecule is CNC(=O)c1ccc(N2CCN(Cc3cc4c(F)nn5c4c(c3F)NC(=O)[C@@H]5C)CC2)c(F)n1. The van der Waals surface area contributed by atoms with Crippen LogP contribution in [0.5, 0.6) is 0 Å². The van der Waals surface area contributed by atoms with Crippen LogP contribution >= 0.6 is 0 Å². The summed E-state index contributed by atoms with van der Waals surface area (Å²) in [6, 6.07) is 3.68. The number of carbonyl (C=O) groups is 2. The Morgan fingerprint density at radius 3 is 2.59 bits per heavy atom. The van der Waals surface area contributed by atoms with E-state index in [4.69, 9.17) is 0 Å². The number of amides is 2. The summed E-state index contributed by atoms with van der Waals surface area (Å²) in [5, 5.41) is 8.89. The molecule has 1 atom stereocenters. The minimum atomic E-state index is -0.756. The lowest BCUT2D eigenvalue weighted by Crippen LogP contribution is -2.46. The third-order valence-electron chi connectivity index (χ3n) is 6.35. The summed E-state index contributed by atoms with van der Waals surface area (Å²) in [6.07, 6.45) is 0. The van der Waals surface area contributed by atoms with Gasteiger partial charge in [-0.2, -0.15) is 8.78 Å². The van der Waals surface area contributed by atoms with E-state index >= 15 is 4.39 Å². The molecule has 34 heavy (non-hydrogen) atoms. The molecule has 2 aromatic heterocycles. The van der Waals surface area contributed by atoms with Crippen molar-refractivity contribution < 1.29 is 22.8 Å².